The smallest absolute Gasteiger partial charge is 0.324 e. The Morgan fingerprint density at radius 2 is 2.21 bits per heavy atom. The summed E-state index contributed by atoms with van der Waals surface area (Å²) in [6, 6.07) is 9.36. The quantitative estimate of drug-likeness (QED) is 0.639. The molecule has 2 rings (SSSR count). The number of H-pyrrole nitrogens is 1. The predicted octanol–water partition coefficient (Wildman–Crippen LogP) is 1.78. The average molecular weight is 278 g/mol. The van der Waals surface area contributed by atoms with Gasteiger partial charge >= 0.3 is 5.97 Å². The van der Waals surface area contributed by atoms with Crippen molar-refractivity contribution >= 4 is 23.7 Å². The average Bonchev–Trinajstić information content (AvgIpc) is 2.83. The van der Waals surface area contributed by atoms with E-state index in [0.717, 1.165) is 5.56 Å². The lowest BCUT2D eigenvalue weighted by Crippen LogP contribution is -2.13. The molecule has 0 spiro atoms. The molecule has 7 heteroatoms. The number of thioether (sulfide) groups is 1. The van der Waals surface area contributed by atoms with Gasteiger partial charge in [-0.1, -0.05) is 42.1 Å². The van der Waals surface area contributed by atoms with Crippen molar-refractivity contribution < 1.29 is 9.53 Å². The van der Waals surface area contributed by atoms with Gasteiger partial charge in [-0.15, -0.1) is 5.10 Å². The maximum Gasteiger partial charge on any atom is 0.324 e. The largest absolute Gasteiger partial charge is 0.465 e. The van der Waals surface area contributed by atoms with Crippen LogP contribution in [0.25, 0.3) is 0 Å². The van der Waals surface area contributed by atoms with Crippen LogP contribution < -0.4 is 5.73 Å². The van der Waals surface area contributed by atoms with E-state index in [4.69, 9.17) is 10.5 Å². The number of nitrogen functional groups attached to an aromatic ring is 1. The second-order valence-electron chi connectivity index (χ2n) is 3.66. The molecule has 3 N–H and O–H groups in total. The molecule has 0 saturated carbocycles. The SMILES string of the molecule is CCOC(=O)[C@H](Sc1n[nH]c(N)n1)c1ccccc1. The first-order chi connectivity index (χ1) is 9.20. The van der Waals surface area contributed by atoms with Crippen molar-refractivity contribution in [3.05, 3.63) is 35.9 Å². The first kappa shape index (κ1) is 13.4. The molecule has 0 saturated heterocycles. The second kappa shape index (κ2) is 6.24. The van der Waals surface area contributed by atoms with Gasteiger partial charge in [-0.2, -0.15) is 4.98 Å². The summed E-state index contributed by atoms with van der Waals surface area (Å²) in [5.74, 6) is -0.0970. The number of aromatic amines is 1. The highest BCUT2D eigenvalue weighted by Gasteiger charge is 2.24. The minimum atomic E-state index is -0.503. The monoisotopic (exact) mass is 278 g/mol. The van der Waals surface area contributed by atoms with Crippen LogP contribution in [0.5, 0.6) is 0 Å². The first-order valence-corrected chi connectivity index (χ1v) is 6.64. The molecule has 1 aromatic carbocycles. The number of nitrogens with one attached hydrogen (secondary N) is 1. The van der Waals surface area contributed by atoms with Crippen molar-refractivity contribution in [2.75, 3.05) is 12.3 Å². The van der Waals surface area contributed by atoms with E-state index in [-0.39, 0.29) is 11.9 Å². The Labute approximate surface area is 114 Å². The fourth-order valence-corrected chi connectivity index (χ4v) is 2.43. The molecule has 19 heavy (non-hydrogen) atoms. The molecule has 1 heterocycles. The molecule has 0 aliphatic heterocycles. The summed E-state index contributed by atoms with van der Waals surface area (Å²) in [6.07, 6.45) is 0. The number of carbonyl (C=O) groups excluding carboxylic acids is 1. The van der Waals surface area contributed by atoms with E-state index in [1.165, 1.54) is 11.8 Å². The molecule has 100 valence electrons. The van der Waals surface area contributed by atoms with E-state index in [2.05, 4.69) is 15.2 Å². The van der Waals surface area contributed by atoms with Crippen LogP contribution in [-0.2, 0) is 9.53 Å². The highest BCUT2D eigenvalue weighted by atomic mass is 32.2. The number of rotatable bonds is 5. The zero-order valence-electron chi connectivity index (χ0n) is 10.4. The predicted molar refractivity (Wildman–Crippen MR) is 72.5 cm³/mol. The topological polar surface area (TPSA) is 93.9 Å². The third kappa shape index (κ3) is 3.47. The maximum atomic E-state index is 12.0. The van der Waals surface area contributed by atoms with Crippen LogP contribution >= 0.6 is 11.8 Å². The number of aromatic nitrogens is 3. The summed E-state index contributed by atoms with van der Waals surface area (Å²) < 4.78 is 5.08. The number of carbonyl (C=O) groups is 1. The van der Waals surface area contributed by atoms with E-state index < -0.39 is 5.25 Å². The summed E-state index contributed by atoms with van der Waals surface area (Å²) in [7, 11) is 0. The number of nitrogens with two attached hydrogens (primary N) is 1. The standard InChI is InChI=1S/C12H14N4O2S/c1-2-18-10(17)9(8-6-4-3-5-7-8)19-12-14-11(13)15-16-12/h3-7,9H,2H2,1H3,(H3,13,14,15,16)/t9-/m1/s1. The number of esters is 1. The van der Waals surface area contributed by atoms with Crippen LogP contribution in [0.1, 0.15) is 17.7 Å². The van der Waals surface area contributed by atoms with E-state index in [0.29, 0.717) is 11.8 Å². The van der Waals surface area contributed by atoms with Crippen molar-refractivity contribution in [3.8, 4) is 0 Å². The van der Waals surface area contributed by atoms with Gasteiger partial charge in [-0.25, -0.2) is 5.10 Å². The summed E-state index contributed by atoms with van der Waals surface area (Å²) in [4.78, 5) is 16.0. The van der Waals surface area contributed by atoms with Crippen LogP contribution in [0.15, 0.2) is 35.5 Å². The van der Waals surface area contributed by atoms with E-state index >= 15 is 0 Å². The van der Waals surface area contributed by atoms with Crippen LogP contribution in [0, 0.1) is 0 Å². The summed E-state index contributed by atoms with van der Waals surface area (Å²) in [5.41, 5.74) is 6.31. The van der Waals surface area contributed by atoms with E-state index in [1.54, 1.807) is 6.92 Å². The third-order valence-corrected chi connectivity index (χ3v) is 3.40. The summed E-state index contributed by atoms with van der Waals surface area (Å²) >= 11 is 1.20. The molecule has 1 atom stereocenters. The van der Waals surface area contributed by atoms with Crippen molar-refractivity contribution in [1.29, 1.82) is 0 Å². The molecule has 0 aliphatic carbocycles. The zero-order chi connectivity index (χ0) is 13.7. The van der Waals surface area contributed by atoms with E-state index in [1.807, 2.05) is 30.3 Å². The molecular formula is C12H14N4O2S. The molecular weight excluding hydrogens is 264 g/mol. The van der Waals surface area contributed by atoms with Gasteiger partial charge < -0.3 is 10.5 Å². The number of hydrogen-bond donors (Lipinski definition) is 2. The molecule has 0 radical (unpaired) electrons. The molecule has 6 nitrogen and oxygen atoms in total. The Kier molecular flexibility index (Phi) is 4.40. The number of ether oxygens (including phenoxy) is 1. The van der Waals surface area contributed by atoms with Gasteiger partial charge in [0, 0.05) is 0 Å². The van der Waals surface area contributed by atoms with E-state index in [9.17, 15) is 4.79 Å². The lowest BCUT2D eigenvalue weighted by Gasteiger charge is -2.13. The van der Waals surface area contributed by atoms with Crippen LogP contribution in [-0.4, -0.2) is 27.8 Å². The van der Waals surface area contributed by atoms with Gasteiger partial charge in [-0.05, 0) is 12.5 Å². The Bertz CT molecular complexity index is 544. The Morgan fingerprint density at radius 1 is 1.47 bits per heavy atom. The van der Waals surface area contributed by atoms with Gasteiger partial charge in [0.05, 0.1) is 6.61 Å². The van der Waals surface area contributed by atoms with Crippen LogP contribution in [0.4, 0.5) is 5.95 Å². The van der Waals surface area contributed by atoms with Gasteiger partial charge in [0.25, 0.3) is 0 Å². The number of hydrogen-bond acceptors (Lipinski definition) is 6. The van der Waals surface area contributed by atoms with Crippen LogP contribution in [0.2, 0.25) is 0 Å². The highest BCUT2D eigenvalue weighted by molar-refractivity contribution is 8.00. The van der Waals surface area contributed by atoms with Crippen molar-refractivity contribution in [2.45, 2.75) is 17.3 Å². The fourth-order valence-electron chi connectivity index (χ4n) is 1.51. The summed E-state index contributed by atoms with van der Waals surface area (Å²) in [6.45, 7) is 2.11. The van der Waals surface area contributed by atoms with Crippen molar-refractivity contribution in [3.63, 3.8) is 0 Å². The number of benzene rings is 1. The lowest BCUT2D eigenvalue weighted by atomic mass is 10.1. The minimum absolute atomic E-state index is 0.221. The fraction of sp³-hybridized carbons (Fsp3) is 0.250. The third-order valence-electron chi connectivity index (χ3n) is 2.31. The zero-order valence-corrected chi connectivity index (χ0v) is 11.2. The number of anilines is 1. The van der Waals surface area contributed by atoms with Gasteiger partial charge in [0.1, 0.15) is 5.25 Å². The first-order valence-electron chi connectivity index (χ1n) is 5.76. The molecule has 2 aromatic rings. The van der Waals surface area contributed by atoms with Gasteiger partial charge in [0.15, 0.2) is 0 Å². The molecule has 0 unspecified atom stereocenters. The maximum absolute atomic E-state index is 12.0. The van der Waals surface area contributed by atoms with Crippen LogP contribution in [0.3, 0.4) is 0 Å². The normalized spacial score (nSPS) is 12.1. The molecule has 0 bridgehead atoms. The molecule has 0 amide bonds. The number of nitrogens with zero attached hydrogens (tertiary/aromatic N) is 2. The van der Waals surface area contributed by atoms with Crippen molar-refractivity contribution in [2.24, 2.45) is 0 Å². The highest BCUT2D eigenvalue weighted by Crippen LogP contribution is 2.34. The minimum Gasteiger partial charge on any atom is -0.465 e. The lowest BCUT2D eigenvalue weighted by molar-refractivity contribution is -0.142. The Morgan fingerprint density at radius 3 is 2.79 bits per heavy atom. The Hall–Kier alpha value is -2.02. The van der Waals surface area contributed by atoms with Crippen molar-refractivity contribution in [1.82, 2.24) is 15.2 Å². The summed E-state index contributed by atoms with van der Waals surface area (Å²) in [5, 5.41) is 6.37. The Balaban J connectivity index is 2.22. The molecule has 0 fully saturated rings. The van der Waals surface area contributed by atoms with Gasteiger partial charge in [0.2, 0.25) is 11.1 Å². The van der Waals surface area contributed by atoms with Gasteiger partial charge in [-0.3, -0.25) is 4.79 Å². The molecule has 1 aromatic heterocycles. The molecule has 0 aliphatic rings. The second-order valence-corrected chi connectivity index (χ2v) is 4.74.